The van der Waals surface area contributed by atoms with E-state index in [1.54, 1.807) is 20.8 Å². The highest BCUT2D eigenvalue weighted by molar-refractivity contribution is 7.93. The minimum atomic E-state index is -3.99. The monoisotopic (exact) mass is 345 g/mol. The average Bonchev–Trinajstić information content (AvgIpc) is 2.34. The number of sulfonamides is 1. The quantitative estimate of drug-likeness (QED) is 0.749. The van der Waals surface area contributed by atoms with E-state index in [1.807, 2.05) is 0 Å². The smallest absolute Gasteiger partial charge is 0.339 e. The molecule has 0 bridgehead atoms. The second kappa shape index (κ2) is 6.86. The fraction of sp³-hybridized carbons (Fsp3) is 0.429. The van der Waals surface area contributed by atoms with Gasteiger partial charge in [0.05, 0.1) is 12.8 Å². The molecule has 0 saturated carbocycles. The van der Waals surface area contributed by atoms with E-state index >= 15 is 0 Å². The first-order valence-corrected chi connectivity index (χ1v) is 8.22. The summed E-state index contributed by atoms with van der Waals surface area (Å²) in [4.78, 5) is 22.6. The van der Waals surface area contributed by atoms with Crippen LogP contribution in [0.5, 0.6) is 5.75 Å². The van der Waals surface area contributed by atoms with Gasteiger partial charge in [-0.3, -0.25) is 9.52 Å². The predicted octanol–water partition coefficient (Wildman–Crippen LogP) is 1.48. The van der Waals surface area contributed by atoms with Crippen molar-refractivity contribution in [3.05, 3.63) is 23.8 Å². The molecule has 0 aliphatic heterocycles. The number of rotatable bonds is 6. The maximum Gasteiger partial charge on any atom is 0.339 e. The predicted molar refractivity (Wildman–Crippen MR) is 83.2 cm³/mol. The van der Waals surface area contributed by atoms with Crippen molar-refractivity contribution in [1.29, 1.82) is 0 Å². The van der Waals surface area contributed by atoms with Crippen LogP contribution in [0.2, 0.25) is 0 Å². The molecule has 0 aromatic heterocycles. The van der Waals surface area contributed by atoms with Crippen molar-refractivity contribution in [2.75, 3.05) is 17.6 Å². The molecule has 8 nitrogen and oxygen atoms in total. The van der Waals surface area contributed by atoms with Crippen LogP contribution in [0.4, 0.5) is 5.69 Å². The molecule has 9 heteroatoms. The van der Waals surface area contributed by atoms with Gasteiger partial charge in [-0.1, -0.05) is 0 Å². The molecule has 0 saturated heterocycles. The van der Waals surface area contributed by atoms with Gasteiger partial charge in [0, 0.05) is 6.07 Å². The number of carbonyl (C=O) groups is 2. The maximum atomic E-state index is 11.9. The van der Waals surface area contributed by atoms with Crippen molar-refractivity contribution in [2.24, 2.45) is 0 Å². The standard InChI is InChI=1S/C14H19NO7S/c1-14(2,3)22-12(16)8-23(19,20)15-9-5-6-10(13(17)18)11(7-9)21-4/h5-7,15H,8H2,1-4H3,(H,17,18). The van der Waals surface area contributed by atoms with Crippen molar-refractivity contribution >= 4 is 27.6 Å². The summed E-state index contributed by atoms with van der Waals surface area (Å²) < 4.78 is 35.9. The van der Waals surface area contributed by atoms with E-state index in [0.29, 0.717) is 0 Å². The van der Waals surface area contributed by atoms with E-state index in [2.05, 4.69) is 4.72 Å². The minimum absolute atomic E-state index is 0.00466. The third-order valence-corrected chi connectivity index (χ3v) is 3.60. The number of carboxylic acid groups (broad SMARTS) is 1. The summed E-state index contributed by atoms with van der Waals surface area (Å²) in [5.74, 6) is -2.95. The van der Waals surface area contributed by atoms with E-state index < -0.39 is 33.3 Å². The van der Waals surface area contributed by atoms with Gasteiger partial charge >= 0.3 is 11.9 Å². The van der Waals surface area contributed by atoms with Gasteiger partial charge in [-0.15, -0.1) is 0 Å². The van der Waals surface area contributed by atoms with Gasteiger partial charge in [-0.25, -0.2) is 13.2 Å². The van der Waals surface area contributed by atoms with E-state index in [-0.39, 0.29) is 17.0 Å². The zero-order chi connectivity index (χ0) is 17.8. The molecule has 2 N–H and O–H groups in total. The van der Waals surface area contributed by atoms with Crippen LogP contribution in [-0.2, 0) is 19.6 Å². The lowest BCUT2D eigenvalue weighted by Gasteiger charge is -2.19. The van der Waals surface area contributed by atoms with Gasteiger partial charge in [0.25, 0.3) is 0 Å². The number of aromatic carboxylic acids is 1. The van der Waals surface area contributed by atoms with Gasteiger partial charge in [-0.2, -0.15) is 0 Å². The lowest BCUT2D eigenvalue weighted by molar-refractivity contribution is -0.151. The molecule has 1 aromatic carbocycles. The number of hydrogen-bond acceptors (Lipinski definition) is 6. The highest BCUT2D eigenvalue weighted by atomic mass is 32.2. The summed E-state index contributed by atoms with van der Waals surface area (Å²) in [5.41, 5.74) is -0.822. The molecular weight excluding hydrogens is 326 g/mol. The Morgan fingerprint density at radius 2 is 1.87 bits per heavy atom. The van der Waals surface area contributed by atoms with Crippen molar-refractivity contribution in [3.8, 4) is 5.75 Å². The molecule has 0 atom stereocenters. The summed E-state index contributed by atoms with van der Waals surface area (Å²) in [6, 6.07) is 3.68. The average molecular weight is 345 g/mol. The van der Waals surface area contributed by atoms with Crippen molar-refractivity contribution in [1.82, 2.24) is 0 Å². The number of esters is 1. The Morgan fingerprint density at radius 3 is 2.35 bits per heavy atom. The molecule has 1 rings (SSSR count). The molecule has 0 heterocycles. The SMILES string of the molecule is COc1cc(NS(=O)(=O)CC(=O)OC(C)(C)C)ccc1C(=O)O. The summed E-state index contributed by atoms with van der Waals surface area (Å²) in [7, 11) is -2.73. The van der Waals surface area contributed by atoms with Crippen LogP contribution >= 0.6 is 0 Å². The normalized spacial score (nSPS) is 11.7. The fourth-order valence-corrected chi connectivity index (χ4v) is 2.60. The minimum Gasteiger partial charge on any atom is -0.496 e. The fourth-order valence-electron chi connectivity index (χ4n) is 1.67. The molecule has 0 fully saturated rings. The largest absolute Gasteiger partial charge is 0.496 e. The van der Waals surface area contributed by atoms with Crippen molar-refractivity contribution in [2.45, 2.75) is 26.4 Å². The summed E-state index contributed by atoms with van der Waals surface area (Å²) in [5, 5.41) is 8.97. The first-order chi connectivity index (χ1) is 10.4. The first kappa shape index (κ1) is 18.8. The Morgan fingerprint density at radius 1 is 1.26 bits per heavy atom. The van der Waals surface area contributed by atoms with Gasteiger partial charge in [-0.05, 0) is 32.9 Å². The van der Waals surface area contributed by atoms with Crippen molar-refractivity contribution in [3.63, 3.8) is 0 Å². The Labute approximate surface area is 134 Å². The number of nitrogens with one attached hydrogen (secondary N) is 1. The third kappa shape index (κ3) is 6.15. The Hall–Kier alpha value is -2.29. The maximum absolute atomic E-state index is 11.9. The number of carbonyl (C=O) groups excluding carboxylic acids is 1. The number of methoxy groups -OCH3 is 1. The summed E-state index contributed by atoms with van der Waals surface area (Å²) in [6.45, 7) is 4.88. The summed E-state index contributed by atoms with van der Waals surface area (Å²) in [6.07, 6.45) is 0. The van der Waals surface area contributed by atoms with E-state index in [0.717, 1.165) is 0 Å². The number of benzene rings is 1. The van der Waals surface area contributed by atoms with Crippen LogP contribution in [-0.4, -0.2) is 43.9 Å². The van der Waals surface area contributed by atoms with Crippen LogP contribution < -0.4 is 9.46 Å². The molecule has 0 aliphatic rings. The van der Waals surface area contributed by atoms with Gasteiger partial charge in [0.2, 0.25) is 10.0 Å². The second-order valence-corrected chi connectivity index (χ2v) is 7.39. The molecule has 23 heavy (non-hydrogen) atoms. The van der Waals surface area contributed by atoms with E-state index in [4.69, 9.17) is 14.6 Å². The lowest BCUT2D eigenvalue weighted by atomic mass is 10.2. The molecule has 0 spiro atoms. The van der Waals surface area contributed by atoms with Crippen LogP contribution in [0.15, 0.2) is 18.2 Å². The zero-order valence-electron chi connectivity index (χ0n) is 13.2. The second-order valence-electron chi connectivity index (χ2n) is 5.67. The van der Waals surface area contributed by atoms with Crippen LogP contribution in [0.25, 0.3) is 0 Å². The van der Waals surface area contributed by atoms with E-state index in [1.165, 1.54) is 25.3 Å². The van der Waals surface area contributed by atoms with Crippen LogP contribution in [0.1, 0.15) is 31.1 Å². The first-order valence-electron chi connectivity index (χ1n) is 6.57. The molecule has 0 radical (unpaired) electrons. The Bertz CT molecular complexity index is 704. The highest BCUT2D eigenvalue weighted by Crippen LogP contribution is 2.24. The number of carboxylic acids is 1. The van der Waals surface area contributed by atoms with Crippen molar-refractivity contribution < 1.29 is 32.6 Å². The summed E-state index contributed by atoms with van der Waals surface area (Å²) >= 11 is 0. The molecule has 128 valence electrons. The lowest BCUT2D eigenvalue weighted by Crippen LogP contribution is -2.30. The van der Waals surface area contributed by atoms with Crippen LogP contribution in [0.3, 0.4) is 0 Å². The molecule has 0 unspecified atom stereocenters. The molecule has 0 amide bonds. The van der Waals surface area contributed by atoms with Crippen LogP contribution in [0, 0.1) is 0 Å². The van der Waals surface area contributed by atoms with Gasteiger partial charge < -0.3 is 14.6 Å². The molecule has 1 aromatic rings. The topological polar surface area (TPSA) is 119 Å². The molecule has 0 aliphatic carbocycles. The van der Waals surface area contributed by atoms with Gasteiger partial charge in [0.1, 0.15) is 16.9 Å². The number of anilines is 1. The third-order valence-electron chi connectivity index (χ3n) is 2.43. The number of hydrogen-bond donors (Lipinski definition) is 2. The van der Waals surface area contributed by atoms with Gasteiger partial charge in [0.15, 0.2) is 5.75 Å². The Kier molecular flexibility index (Phi) is 5.60. The van der Waals surface area contributed by atoms with E-state index in [9.17, 15) is 18.0 Å². The zero-order valence-corrected chi connectivity index (χ0v) is 14.1. The molecular formula is C14H19NO7S. The number of ether oxygens (including phenoxy) is 2. The Balaban J connectivity index is 2.90. The highest BCUT2D eigenvalue weighted by Gasteiger charge is 2.23.